The summed E-state index contributed by atoms with van der Waals surface area (Å²) >= 11 is 1.81. The average Bonchev–Trinajstić information content (AvgIpc) is 3.00. The third kappa shape index (κ3) is 2.96. The lowest BCUT2D eigenvalue weighted by molar-refractivity contribution is 0.0688. The van der Waals surface area contributed by atoms with Crippen LogP contribution in [0.3, 0.4) is 0 Å². The highest BCUT2D eigenvalue weighted by atomic mass is 127. The zero-order valence-electron chi connectivity index (χ0n) is 15.1. The molecule has 0 bridgehead atoms. The minimum atomic E-state index is -4.24. The first-order valence-corrected chi connectivity index (χ1v) is 10.4. The van der Waals surface area contributed by atoms with Crippen molar-refractivity contribution in [1.82, 2.24) is 3.97 Å². The summed E-state index contributed by atoms with van der Waals surface area (Å²) in [7, 11) is -0.0935. The Labute approximate surface area is 174 Å². The van der Waals surface area contributed by atoms with Gasteiger partial charge in [0.05, 0.1) is 29.8 Å². The molecule has 8 nitrogen and oxygen atoms in total. The highest BCUT2D eigenvalue weighted by Gasteiger charge is 2.33. The van der Waals surface area contributed by atoms with Crippen LogP contribution in [0.25, 0.3) is 10.9 Å². The summed E-state index contributed by atoms with van der Waals surface area (Å²) in [6.07, 6.45) is 0. The van der Waals surface area contributed by atoms with Gasteiger partial charge in [-0.3, -0.25) is 0 Å². The van der Waals surface area contributed by atoms with Gasteiger partial charge in [-0.05, 0) is 40.8 Å². The maximum atomic E-state index is 13.4. The van der Waals surface area contributed by atoms with Gasteiger partial charge in [0.2, 0.25) is 5.75 Å². The number of carbonyl (C=O) groups is 1. The Morgan fingerprint density at radius 1 is 1.04 bits per heavy atom. The van der Waals surface area contributed by atoms with Crippen molar-refractivity contribution in [3.8, 4) is 17.2 Å². The van der Waals surface area contributed by atoms with Crippen LogP contribution in [-0.2, 0) is 10.0 Å². The largest absolute Gasteiger partial charge is 0.493 e. The molecule has 28 heavy (non-hydrogen) atoms. The van der Waals surface area contributed by atoms with Crippen LogP contribution in [-0.4, -0.2) is 44.8 Å². The zero-order valence-corrected chi connectivity index (χ0v) is 18.1. The SMILES string of the molecule is COc1cc2c(I)c(C(=O)O)n(S(=O)(=O)c3ccccc3)c2c(OC)c1OC. The second-order valence-electron chi connectivity index (χ2n) is 5.59. The molecule has 0 atom stereocenters. The van der Waals surface area contributed by atoms with E-state index in [-0.39, 0.29) is 31.2 Å². The summed E-state index contributed by atoms with van der Waals surface area (Å²) in [5, 5.41) is 10.1. The molecule has 0 fully saturated rings. The number of carboxylic acid groups (broad SMARTS) is 1. The van der Waals surface area contributed by atoms with E-state index in [1.165, 1.54) is 39.5 Å². The lowest BCUT2D eigenvalue weighted by Crippen LogP contribution is -2.19. The molecule has 0 aliphatic heterocycles. The van der Waals surface area contributed by atoms with Gasteiger partial charge in [0, 0.05) is 5.39 Å². The van der Waals surface area contributed by atoms with Gasteiger partial charge in [0.1, 0.15) is 5.52 Å². The number of methoxy groups -OCH3 is 3. The smallest absolute Gasteiger partial charge is 0.354 e. The molecule has 0 unspecified atom stereocenters. The fraction of sp³-hybridized carbons (Fsp3) is 0.167. The monoisotopic (exact) mass is 517 g/mol. The lowest BCUT2D eigenvalue weighted by Gasteiger charge is -2.16. The predicted octanol–water partition coefficient (Wildman–Crippen LogP) is 3.21. The minimum Gasteiger partial charge on any atom is -0.493 e. The fourth-order valence-corrected chi connectivity index (χ4v) is 5.55. The van der Waals surface area contributed by atoms with Gasteiger partial charge in [0.25, 0.3) is 10.0 Å². The summed E-state index contributed by atoms with van der Waals surface area (Å²) in [6, 6.07) is 9.11. The molecule has 0 saturated carbocycles. The van der Waals surface area contributed by atoms with Crippen molar-refractivity contribution in [2.24, 2.45) is 0 Å². The van der Waals surface area contributed by atoms with E-state index >= 15 is 0 Å². The highest BCUT2D eigenvalue weighted by molar-refractivity contribution is 14.1. The molecular weight excluding hydrogens is 501 g/mol. The third-order valence-electron chi connectivity index (χ3n) is 4.14. The Bertz CT molecular complexity index is 1170. The number of benzene rings is 2. The maximum absolute atomic E-state index is 13.4. The molecule has 1 heterocycles. The number of nitrogens with zero attached hydrogens (tertiary/aromatic N) is 1. The van der Waals surface area contributed by atoms with Gasteiger partial charge in [0.15, 0.2) is 17.2 Å². The van der Waals surface area contributed by atoms with Gasteiger partial charge >= 0.3 is 5.97 Å². The van der Waals surface area contributed by atoms with Crippen molar-refractivity contribution in [1.29, 1.82) is 0 Å². The van der Waals surface area contributed by atoms with E-state index in [2.05, 4.69) is 0 Å². The number of hydrogen-bond donors (Lipinski definition) is 1. The molecule has 3 rings (SSSR count). The van der Waals surface area contributed by atoms with Crippen molar-refractivity contribution < 1.29 is 32.5 Å². The van der Waals surface area contributed by atoms with Crippen molar-refractivity contribution >= 4 is 49.5 Å². The standard InChI is InChI=1S/C18H16INO7S/c1-25-12-9-11-13(19)15(18(21)22)20(14(11)17(27-3)16(12)26-2)28(23,24)10-7-5-4-6-8-10/h4-9H,1-3H3,(H,21,22). The number of carboxylic acids is 1. The van der Waals surface area contributed by atoms with Gasteiger partial charge < -0.3 is 19.3 Å². The molecule has 0 spiro atoms. The first-order valence-electron chi connectivity index (χ1n) is 7.86. The Morgan fingerprint density at radius 3 is 2.14 bits per heavy atom. The first-order chi connectivity index (χ1) is 13.3. The van der Waals surface area contributed by atoms with E-state index in [9.17, 15) is 18.3 Å². The molecule has 0 aliphatic rings. The molecule has 3 aromatic rings. The topological polar surface area (TPSA) is 104 Å². The second kappa shape index (κ2) is 7.51. The number of ether oxygens (including phenoxy) is 3. The van der Waals surface area contributed by atoms with Crippen LogP contribution < -0.4 is 14.2 Å². The zero-order chi connectivity index (χ0) is 20.6. The molecule has 0 aliphatic carbocycles. The van der Waals surface area contributed by atoms with Crippen molar-refractivity contribution in [3.05, 3.63) is 45.7 Å². The molecule has 148 valence electrons. The second-order valence-corrected chi connectivity index (χ2v) is 8.46. The van der Waals surface area contributed by atoms with E-state index in [1.54, 1.807) is 40.8 Å². The van der Waals surface area contributed by atoms with Gasteiger partial charge in [-0.1, -0.05) is 18.2 Å². The number of aromatic carboxylic acids is 1. The number of halogens is 1. The van der Waals surface area contributed by atoms with Crippen LogP contribution >= 0.6 is 22.6 Å². The fourth-order valence-electron chi connectivity index (χ4n) is 2.96. The Balaban J connectivity index is 2.59. The summed E-state index contributed by atoms with van der Waals surface area (Å²) < 4.78 is 43.8. The van der Waals surface area contributed by atoms with Crippen molar-refractivity contribution in [2.45, 2.75) is 4.90 Å². The lowest BCUT2D eigenvalue weighted by atomic mass is 10.2. The Kier molecular flexibility index (Phi) is 5.44. The Hall–Kier alpha value is -2.47. The molecule has 1 N–H and O–H groups in total. The van der Waals surface area contributed by atoms with Crippen LogP contribution in [0.4, 0.5) is 0 Å². The normalized spacial score (nSPS) is 11.4. The molecule has 0 radical (unpaired) electrons. The van der Waals surface area contributed by atoms with Crippen molar-refractivity contribution in [2.75, 3.05) is 21.3 Å². The summed E-state index contributed by atoms with van der Waals surface area (Å²) in [4.78, 5) is 12.0. The van der Waals surface area contributed by atoms with Gasteiger partial charge in [-0.2, -0.15) is 0 Å². The van der Waals surface area contributed by atoms with Gasteiger partial charge in [-0.15, -0.1) is 0 Å². The molecule has 0 saturated heterocycles. The van der Waals surface area contributed by atoms with Crippen LogP contribution in [0.1, 0.15) is 10.5 Å². The quantitative estimate of drug-likeness (QED) is 0.501. The molecular formula is C18H16INO7S. The van der Waals surface area contributed by atoms with Crippen LogP contribution in [0, 0.1) is 3.57 Å². The number of fused-ring (bicyclic) bond motifs is 1. The minimum absolute atomic E-state index is 0.0531. The van der Waals surface area contributed by atoms with E-state index in [0.29, 0.717) is 5.39 Å². The maximum Gasteiger partial charge on any atom is 0.354 e. The Morgan fingerprint density at radius 2 is 1.64 bits per heavy atom. The van der Waals surface area contributed by atoms with Crippen molar-refractivity contribution in [3.63, 3.8) is 0 Å². The number of rotatable bonds is 6. The third-order valence-corrected chi connectivity index (χ3v) is 6.94. The summed E-state index contributed by atoms with van der Waals surface area (Å²) in [6.45, 7) is 0. The average molecular weight is 517 g/mol. The van der Waals surface area contributed by atoms with E-state index in [4.69, 9.17) is 14.2 Å². The predicted molar refractivity (Wildman–Crippen MR) is 110 cm³/mol. The summed E-state index contributed by atoms with van der Waals surface area (Å²) in [5.41, 5.74) is -0.334. The molecule has 2 aromatic carbocycles. The number of hydrogen-bond acceptors (Lipinski definition) is 6. The molecule has 1 aromatic heterocycles. The highest BCUT2D eigenvalue weighted by Crippen LogP contribution is 2.47. The van der Waals surface area contributed by atoms with E-state index in [1.807, 2.05) is 0 Å². The van der Waals surface area contributed by atoms with Crippen LogP contribution in [0.15, 0.2) is 41.3 Å². The summed E-state index contributed by atoms with van der Waals surface area (Å²) in [5.74, 6) is -0.884. The molecule has 10 heteroatoms. The van der Waals surface area contributed by atoms with Crippen LogP contribution in [0.5, 0.6) is 17.2 Å². The van der Waals surface area contributed by atoms with E-state index < -0.39 is 21.7 Å². The molecule has 0 amide bonds. The number of aromatic nitrogens is 1. The first kappa shape index (κ1) is 20.3. The van der Waals surface area contributed by atoms with Gasteiger partial charge in [-0.25, -0.2) is 17.2 Å². The van der Waals surface area contributed by atoms with Crippen LogP contribution in [0.2, 0.25) is 0 Å². The van der Waals surface area contributed by atoms with E-state index in [0.717, 1.165) is 3.97 Å².